The third-order valence-corrected chi connectivity index (χ3v) is 5.91. The van der Waals surface area contributed by atoms with Gasteiger partial charge in [0.2, 0.25) is 4.80 Å². The van der Waals surface area contributed by atoms with Crippen LogP contribution in [0.5, 0.6) is 11.5 Å². The molecule has 0 atom stereocenters. The van der Waals surface area contributed by atoms with Crippen molar-refractivity contribution >= 4 is 40.8 Å². The summed E-state index contributed by atoms with van der Waals surface area (Å²) in [6.07, 6.45) is 1.46. The van der Waals surface area contributed by atoms with Gasteiger partial charge in [0, 0.05) is 21.5 Å². The van der Waals surface area contributed by atoms with E-state index in [4.69, 9.17) is 28.2 Å². The van der Waals surface area contributed by atoms with Crippen molar-refractivity contribution in [3.05, 3.63) is 98.1 Å². The molecule has 1 heterocycles. The lowest BCUT2D eigenvalue weighted by atomic mass is 10.2. The molecule has 2 N–H and O–H groups in total. The average Bonchev–Trinajstić information content (AvgIpc) is 3.18. The van der Waals surface area contributed by atoms with Gasteiger partial charge in [-0.25, -0.2) is 4.68 Å². The molecule has 0 unspecified atom stereocenters. The van der Waals surface area contributed by atoms with E-state index in [0.29, 0.717) is 38.2 Å². The highest BCUT2D eigenvalue weighted by Crippen LogP contribution is 2.31. The van der Waals surface area contributed by atoms with Crippen molar-refractivity contribution in [2.45, 2.75) is 6.54 Å². The fourth-order valence-electron chi connectivity index (χ4n) is 2.91. The predicted molar refractivity (Wildman–Crippen MR) is 126 cm³/mol. The van der Waals surface area contributed by atoms with Crippen molar-refractivity contribution in [3.8, 4) is 22.8 Å². The highest BCUT2D eigenvalue weighted by molar-refractivity contribution is 7.07. The van der Waals surface area contributed by atoms with Gasteiger partial charge in [0.25, 0.3) is 0 Å². The first kappa shape index (κ1) is 21.2. The molecule has 0 radical (unpaired) electrons. The molecule has 156 valence electrons. The lowest BCUT2D eigenvalue weighted by Gasteiger charge is -2.07. The standard InChI is InChI=1S/C23H17Cl2N3O2S/c24-17-9-10-19(25)18(11-17)20-14-31-23(26-12-15-5-2-1-3-6-15)28(20)27-13-16-7-4-8-21(29)22(16)30/h1-11,13-14,29-30H,12H2. The molecule has 1 aromatic heterocycles. The zero-order valence-electron chi connectivity index (χ0n) is 16.1. The molecule has 5 nitrogen and oxygen atoms in total. The Morgan fingerprint density at radius 3 is 2.58 bits per heavy atom. The fraction of sp³-hybridized carbons (Fsp3) is 0.0435. The van der Waals surface area contributed by atoms with Crippen molar-refractivity contribution in [2.24, 2.45) is 10.1 Å². The monoisotopic (exact) mass is 469 g/mol. The Balaban J connectivity index is 1.83. The Hall–Kier alpha value is -3.06. The second-order valence-electron chi connectivity index (χ2n) is 6.60. The first-order chi connectivity index (χ1) is 15.0. The number of phenolic OH excluding ortho intramolecular Hbond substituents is 2. The van der Waals surface area contributed by atoms with Crippen LogP contribution in [-0.2, 0) is 6.54 Å². The van der Waals surface area contributed by atoms with Gasteiger partial charge in [0.15, 0.2) is 11.5 Å². The molecule has 0 amide bonds. The van der Waals surface area contributed by atoms with Crippen molar-refractivity contribution in [3.63, 3.8) is 0 Å². The number of rotatable bonds is 5. The van der Waals surface area contributed by atoms with Crippen molar-refractivity contribution < 1.29 is 10.2 Å². The summed E-state index contributed by atoms with van der Waals surface area (Å²) in [6, 6.07) is 19.8. The Morgan fingerprint density at radius 2 is 1.77 bits per heavy atom. The van der Waals surface area contributed by atoms with Crippen LogP contribution in [0.4, 0.5) is 0 Å². The first-order valence-electron chi connectivity index (χ1n) is 9.28. The van der Waals surface area contributed by atoms with Gasteiger partial charge >= 0.3 is 0 Å². The molecule has 4 aromatic rings. The molecule has 0 saturated heterocycles. The van der Waals surface area contributed by atoms with Gasteiger partial charge in [-0.3, -0.25) is 4.99 Å². The SMILES string of the molecule is Oc1cccc(C=Nn2c(-c3cc(Cl)ccc3Cl)csc2=NCc2ccccc2)c1O. The number of aromatic nitrogens is 1. The minimum atomic E-state index is -0.243. The lowest BCUT2D eigenvalue weighted by molar-refractivity contribution is 0.403. The molecule has 0 aliphatic carbocycles. The number of para-hydroxylation sites is 1. The molecule has 0 saturated carbocycles. The Labute approximate surface area is 192 Å². The third kappa shape index (κ3) is 4.82. The summed E-state index contributed by atoms with van der Waals surface area (Å²) in [6.45, 7) is 0.483. The largest absolute Gasteiger partial charge is 0.504 e. The molecule has 0 bridgehead atoms. The van der Waals surface area contributed by atoms with E-state index in [0.717, 1.165) is 5.56 Å². The van der Waals surface area contributed by atoms with E-state index in [1.165, 1.54) is 23.6 Å². The maximum atomic E-state index is 10.1. The van der Waals surface area contributed by atoms with E-state index in [1.54, 1.807) is 35.0 Å². The molecule has 0 aliphatic heterocycles. The van der Waals surface area contributed by atoms with Crippen LogP contribution in [0, 0.1) is 0 Å². The zero-order chi connectivity index (χ0) is 21.8. The number of benzene rings is 3. The number of halogens is 2. The van der Waals surface area contributed by atoms with Gasteiger partial charge in [-0.1, -0.05) is 59.6 Å². The second kappa shape index (κ2) is 9.39. The van der Waals surface area contributed by atoms with Crippen LogP contribution >= 0.6 is 34.5 Å². The lowest BCUT2D eigenvalue weighted by Crippen LogP contribution is -2.12. The number of thiazole rings is 1. The van der Waals surface area contributed by atoms with Gasteiger partial charge < -0.3 is 10.2 Å². The van der Waals surface area contributed by atoms with Crippen molar-refractivity contribution in [2.75, 3.05) is 0 Å². The third-order valence-electron chi connectivity index (χ3n) is 4.49. The number of aromatic hydroxyl groups is 2. The van der Waals surface area contributed by atoms with Gasteiger partial charge in [-0.05, 0) is 35.9 Å². The molecule has 0 aliphatic rings. The summed E-state index contributed by atoms with van der Waals surface area (Å²) in [7, 11) is 0. The molecule has 4 rings (SSSR count). The summed E-state index contributed by atoms with van der Waals surface area (Å²) >= 11 is 14.0. The van der Waals surface area contributed by atoms with E-state index in [-0.39, 0.29) is 11.5 Å². The van der Waals surface area contributed by atoms with Crippen LogP contribution in [0.1, 0.15) is 11.1 Å². The van der Waals surface area contributed by atoms with Crippen LogP contribution in [0.25, 0.3) is 11.3 Å². The normalized spacial score (nSPS) is 12.0. The van der Waals surface area contributed by atoms with E-state index in [1.807, 2.05) is 35.7 Å². The Morgan fingerprint density at radius 1 is 0.968 bits per heavy atom. The highest BCUT2D eigenvalue weighted by Gasteiger charge is 2.12. The summed E-state index contributed by atoms with van der Waals surface area (Å²) in [4.78, 5) is 5.35. The van der Waals surface area contributed by atoms with Crippen LogP contribution < -0.4 is 4.80 Å². The molecular weight excluding hydrogens is 453 g/mol. The quantitative estimate of drug-likeness (QED) is 0.281. The summed E-state index contributed by atoms with van der Waals surface area (Å²) in [5, 5.41) is 27.4. The van der Waals surface area contributed by atoms with Gasteiger partial charge in [-0.15, -0.1) is 11.3 Å². The smallest absolute Gasteiger partial charge is 0.206 e. The van der Waals surface area contributed by atoms with Crippen LogP contribution in [0.15, 0.2) is 82.2 Å². The minimum Gasteiger partial charge on any atom is -0.504 e. The fourth-order valence-corrected chi connectivity index (χ4v) is 4.13. The number of phenols is 2. The zero-order valence-corrected chi connectivity index (χ0v) is 18.4. The number of hydrogen-bond acceptors (Lipinski definition) is 5. The molecule has 0 spiro atoms. The van der Waals surface area contributed by atoms with Gasteiger partial charge in [-0.2, -0.15) is 5.10 Å². The minimum absolute atomic E-state index is 0.216. The van der Waals surface area contributed by atoms with Crippen molar-refractivity contribution in [1.29, 1.82) is 0 Å². The summed E-state index contributed by atoms with van der Waals surface area (Å²) in [5.41, 5.74) is 2.86. The van der Waals surface area contributed by atoms with E-state index in [2.05, 4.69) is 5.10 Å². The molecule has 8 heteroatoms. The Bertz CT molecular complexity index is 1310. The molecule has 0 fully saturated rings. The predicted octanol–water partition coefficient (Wildman–Crippen LogP) is 5.92. The van der Waals surface area contributed by atoms with Gasteiger partial charge in [0.1, 0.15) is 0 Å². The summed E-state index contributed by atoms with van der Waals surface area (Å²) in [5.74, 6) is -0.460. The maximum Gasteiger partial charge on any atom is 0.206 e. The van der Waals surface area contributed by atoms with Gasteiger partial charge in [0.05, 0.1) is 23.5 Å². The molecule has 3 aromatic carbocycles. The van der Waals surface area contributed by atoms with E-state index in [9.17, 15) is 10.2 Å². The van der Waals surface area contributed by atoms with Crippen LogP contribution in [-0.4, -0.2) is 21.1 Å². The van der Waals surface area contributed by atoms with Crippen LogP contribution in [0.3, 0.4) is 0 Å². The van der Waals surface area contributed by atoms with E-state index < -0.39 is 0 Å². The number of nitrogens with zero attached hydrogens (tertiary/aromatic N) is 3. The summed E-state index contributed by atoms with van der Waals surface area (Å²) < 4.78 is 1.65. The topological polar surface area (TPSA) is 70.1 Å². The van der Waals surface area contributed by atoms with E-state index >= 15 is 0 Å². The second-order valence-corrected chi connectivity index (χ2v) is 8.28. The molecule has 31 heavy (non-hydrogen) atoms. The highest BCUT2D eigenvalue weighted by atomic mass is 35.5. The van der Waals surface area contributed by atoms with Crippen molar-refractivity contribution in [1.82, 2.24) is 4.68 Å². The Kier molecular flexibility index (Phi) is 6.42. The average molecular weight is 470 g/mol. The first-order valence-corrected chi connectivity index (χ1v) is 10.9. The molecular formula is C23H17Cl2N3O2S. The van der Waals surface area contributed by atoms with Crippen LogP contribution in [0.2, 0.25) is 10.0 Å². The number of hydrogen-bond donors (Lipinski definition) is 2. The maximum absolute atomic E-state index is 10.1.